The maximum Gasteiger partial charge on any atom is 0.261 e. The monoisotopic (exact) mass is 273 g/mol. The summed E-state index contributed by atoms with van der Waals surface area (Å²) in [6, 6.07) is 4.20. The Hall–Kier alpha value is -1.07. The number of rotatable bonds is 3. The fourth-order valence-corrected chi connectivity index (χ4v) is 1.95. The summed E-state index contributed by atoms with van der Waals surface area (Å²) in [5, 5.41) is 0. The van der Waals surface area contributed by atoms with Gasteiger partial charge in [-0.05, 0) is 42.0 Å². The lowest BCUT2D eigenvalue weighted by Crippen LogP contribution is -2.02. The molecular formula is C13H23NO3S. The molecule has 0 atom stereocenters. The van der Waals surface area contributed by atoms with Gasteiger partial charge in [0.1, 0.15) is 0 Å². The number of nitrogen functional groups attached to an aromatic ring is 1. The van der Waals surface area contributed by atoms with Crippen molar-refractivity contribution in [3.05, 3.63) is 28.8 Å². The smallest absolute Gasteiger partial charge is 0.261 e. The Bertz CT molecular complexity index is 473. The second kappa shape index (κ2) is 7.38. The van der Waals surface area contributed by atoms with Crippen molar-refractivity contribution in [3.8, 4) is 0 Å². The topological polar surface area (TPSA) is 80.4 Å². The second-order valence-electron chi connectivity index (χ2n) is 4.06. The van der Waals surface area contributed by atoms with E-state index in [4.69, 9.17) is 10.3 Å². The minimum absolute atomic E-state index is 0.715. The third-order valence-electron chi connectivity index (χ3n) is 2.65. The molecule has 0 heterocycles. The van der Waals surface area contributed by atoms with Crippen molar-refractivity contribution in [2.24, 2.45) is 0 Å². The lowest BCUT2D eigenvalue weighted by atomic mass is 9.94. The SMILES string of the molecule is CCc1ccc(N)c(CC)c1CC.CS(=O)(=O)O. The van der Waals surface area contributed by atoms with Gasteiger partial charge in [-0.2, -0.15) is 8.42 Å². The Balaban J connectivity index is 0.000000494. The van der Waals surface area contributed by atoms with E-state index in [0.717, 1.165) is 24.9 Å². The molecule has 0 radical (unpaired) electrons. The minimum atomic E-state index is -3.67. The zero-order chi connectivity index (χ0) is 14.3. The van der Waals surface area contributed by atoms with Crippen LogP contribution in [0.4, 0.5) is 5.69 Å². The molecule has 104 valence electrons. The Labute approximate surface area is 110 Å². The average Bonchev–Trinajstić information content (AvgIpc) is 2.26. The van der Waals surface area contributed by atoms with E-state index in [-0.39, 0.29) is 0 Å². The highest BCUT2D eigenvalue weighted by Crippen LogP contribution is 2.22. The maximum atomic E-state index is 9.19. The molecule has 4 nitrogen and oxygen atoms in total. The Morgan fingerprint density at radius 2 is 1.50 bits per heavy atom. The maximum absolute atomic E-state index is 9.19. The van der Waals surface area contributed by atoms with E-state index in [0.29, 0.717) is 6.26 Å². The van der Waals surface area contributed by atoms with E-state index in [9.17, 15) is 8.42 Å². The van der Waals surface area contributed by atoms with Gasteiger partial charge in [0.2, 0.25) is 0 Å². The van der Waals surface area contributed by atoms with Crippen molar-refractivity contribution in [1.82, 2.24) is 0 Å². The molecule has 0 aliphatic carbocycles. The molecule has 0 spiro atoms. The first kappa shape index (κ1) is 16.9. The van der Waals surface area contributed by atoms with Gasteiger partial charge < -0.3 is 5.73 Å². The van der Waals surface area contributed by atoms with Crippen molar-refractivity contribution < 1.29 is 13.0 Å². The zero-order valence-electron chi connectivity index (χ0n) is 11.5. The van der Waals surface area contributed by atoms with Gasteiger partial charge in [-0.25, -0.2) is 0 Å². The number of hydrogen-bond donors (Lipinski definition) is 2. The van der Waals surface area contributed by atoms with Crippen LogP contribution in [0.5, 0.6) is 0 Å². The summed E-state index contributed by atoms with van der Waals surface area (Å²) in [7, 11) is -3.67. The predicted molar refractivity (Wildman–Crippen MR) is 76.5 cm³/mol. The van der Waals surface area contributed by atoms with Gasteiger partial charge in [0, 0.05) is 5.69 Å². The second-order valence-corrected chi connectivity index (χ2v) is 5.53. The fourth-order valence-electron chi connectivity index (χ4n) is 1.95. The molecule has 0 amide bonds. The van der Waals surface area contributed by atoms with E-state index >= 15 is 0 Å². The van der Waals surface area contributed by atoms with Crippen molar-refractivity contribution in [2.45, 2.75) is 40.0 Å². The molecule has 5 heteroatoms. The molecule has 0 aliphatic heterocycles. The lowest BCUT2D eigenvalue weighted by Gasteiger charge is -2.13. The Morgan fingerprint density at radius 3 is 1.83 bits per heavy atom. The van der Waals surface area contributed by atoms with Crippen LogP contribution in [0.15, 0.2) is 12.1 Å². The third-order valence-corrected chi connectivity index (χ3v) is 2.65. The summed E-state index contributed by atoms with van der Waals surface area (Å²) in [5.41, 5.74) is 11.2. The normalized spacial score (nSPS) is 10.7. The summed E-state index contributed by atoms with van der Waals surface area (Å²) in [4.78, 5) is 0. The van der Waals surface area contributed by atoms with Gasteiger partial charge in [0.25, 0.3) is 10.1 Å². The van der Waals surface area contributed by atoms with E-state index in [2.05, 4.69) is 26.8 Å². The molecule has 0 aliphatic rings. The molecule has 1 aromatic rings. The molecule has 18 heavy (non-hydrogen) atoms. The molecule has 1 aromatic carbocycles. The molecule has 0 fully saturated rings. The summed E-state index contributed by atoms with van der Waals surface area (Å²) >= 11 is 0. The van der Waals surface area contributed by atoms with Gasteiger partial charge in [-0.1, -0.05) is 26.8 Å². The van der Waals surface area contributed by atoms with Crippen LogP contribution < -0.4 is 5.73 Å². The van der Waals surface area contributed by atoms with Crippen molar-refractivity contribution in [1.29, 1.82) is 0 Å². The first-order valence-corrected chi connectivity index (χ1v) is 7.90. The number of benzene rings is 1. The highest BCUT2D eigenvalue weighted by atomic mass is 32.2. The molecule has 3 N–H and O–H groups in total. The third kappa shape index (κ3) is 6.02. The van der Waals surface area contributed by atoms with Crippen molar-refractivity contribution in [3.63, 3.8) is 0 Å². The lowest BCUT2D eigenvalue weighted by molar-refractivity contribution is 0.490. The van der Waals surface area contributed by atoms with E-state index in [1.807, 2.05) is 6.07 Å². The number of hydrogen-bond acceptors (Lipinski definition) is 3. The standard InChI is InChI=1S/C12H19N.CH4O3S/c1-4-9-7-8-12(13)11(6-3)10(9)5-2;1-5(2,3)4/h7-8H,4-6,13H2,1-3H3;1H3,(H,2,3,4). The van der Waals surface area contributed by atoms with Crippen LogP contribution in [0.25, 0.3) is 0 Å². The van der Waals surface area contributed by atoms with Gasteiger partial charge in [-0.15, -0.1) is 0 Å². The summed E-state index contributed by atoms with van der Waals surface area (Å²) in [6.45, 7) is 6.57. The molecule has 0 bridgehead atoms. The van der Waals surface area contributed by atoms with Gasteiger partial charge >= 0.3 is 0 Å². The fraction of sp³-hybridized carbons (Fsp3) is 0.538. The van der Waals surface area contributed by atoms with E-state index in [1.165, 1.54) is 16.7 Å². The molecule has 1 rings (SSSR count). The van der Waals surface area contributed by atoms with Crippen LogP contribution in [-0.2, 0) is 29.4 Å². The van der Waals surface area contributed by atoms with Gasteiger partial charge in [0.05, 0.1) is 6.26 Å². The Morgan fingerprint density at radius 1 is 1.06 bits per heavy atom. The van der Waals surface area contributed by atoms with Crippen LogP contribution in [0, 0.1) is 0 Å². The molecule has 0 unspecified atom stereocenters. The first-order chi connectivity index (χ1) is 8.24. The first-order valence-electron chi connectivity index (χ1n) is 6.06. The number of anilines is 1. The Kier molecular flexibility index (Phi) is 6.94. The van der Waals surface area contributed by atoms with Gasteiger partial charge in [0.15, 0.2) is 0 Å². The molecule has 0 saturated carbocycles. The van der Waals surface area contributed by atoms with E-state index in [1.54, 1.807) is 0 Å². The predicted octanol–water partition coefficient (Wildman–Crippen LogP) is 2.46. The number of nitrogens with two attached hydrogens (primary N) is 1. The van der Waals surface area contributed by atoms with Crippen molar-refractivity contribution in [2.75, 3.05) is 12.0 Å². The highest BCUT2D eigenvalue weighted by molar-refractivity contribution is 7.85. The summed E-state index contributed by atoms with van der Waals surface area (Å²) in [6.07, 6.45) is 3.96. The van der Waals surface area contributed by atoms with Crippen LogP contribution in [0.1, 0.15) is 37.5 Å². The van der Waals surface area contributed by atoms with Crippen molar-refractivity contribution >= 4 is 15.8 Å². The van der Waals surface area contributed by atoms with Crippen LogP contribution in [0.3, 0.4) is 0 Å². The number of aryl methyl sites for hydroxylation is 1. The summed E-state index contributed by atoms with van der Waals surface area (Å²) < 4.78 is 25.9. The highest BCUT2D eigenvalue weighted by Gasteiger charge is 2.06. The minimum Gasteiger partial charge on any atom is -0.398 e. The van der Waals surface area contributed by atoms with Crippen LogP contribution in [-0.4, -0.2) is 19.2 Å². The van der Waals surface area contributed by atoms with E-state index < -0.39 is 10.1 Å². The molecular weight excluding hydrogens is 250 g/mol. The zero-order valence-corrected chi connectivity index (χ0v) is 12.3. The largest absolute Gasteiger partial charge is 0.398 e. The van der Waals surface area contributed by atoms with Gasteiger partial charge in [-0.3, -0.25) is 4.55 Å². The van der Waals surface area contributed by atoms with Crippen LogP contribution >= 0.6 is 0 Å². The molecule has 0 saturated heterocycles. The van der Waals surface area contributed by atoms with Crippen LogP contribution in [0.2, 0.25) is 0 Å². The molecule has 0 aromatic heterocycles. The quantitative estimate of drug-likeness (QED) is 0.655. The summed E-state index contributed by atoms with van der Waals surface area (Å²) in [5.74, 6) is 0. The average molecular weight is 273 g/mol.